The van der Waals surface area contributed by atoms with E-state index in [9.17, 15) is 8.42 Å². The average Bonchev–Trinajstić information content (AvgIpc) is 2.88. The van der Waals surface area contributed by atoms with Crippen LogP contribution >= 0.6 is 0 Å². The molecule has 0 spiro atoms. The van der Waals surface area contributed by atoms with Crippen LogP contribution in [0.4, 0.5) is 0 Å². The van der Waals surface area contributed by atoms with Crippen LogP contribution in [0.15, 0.2) is 53.6 Å². The largest absolute Gasteiger partial charge is 0.302 e. The molecular weight excluding hydrogens is 310 g/mol. The van der Waals surface area contributed by atoms with E-state index in [0.29, 0.717) is 0 Å². The van der Waals surface area contributed by atoms with Crippen molar-refractivity contribution in [3.8, 4) is 0 Å². The van der Waals surface area contributed by atoms with E-state index in [1.807, 2.05) is 54.8 Å². The number of aryl methyl sites for hydroxylation is 2. The summed E-state index contributed by atoms with van der Waals surface area (Å²) in [5.74, 6) is 0. The van der Waals surface area contributed by atoms with Crippen LogP contribution in [0.2, 0.25) is 0 Å². The van der Waals surface area contributed by atoms with Gasteiger partial charge in [-0.25, -0.2) is 18.1 Å². The molecule has 2 heterocycles. The number of benzene rings is 1. The van der Waals surface area contributed by atoms with Crippen LogP contribution in [0.5, 0.6) is 0 Å². The fourth-order valence-electron chi connectivity index (χ4n) is 2.53. The van der Waals surface area contributed by atoms with Gasteiger partial charge in [0, 0.05) is 6.20 Å². The lowest BCUT2D eigenvalue weighted by Gasteiger charge is -2.08. The number of rotatable bonds is 5. The summed E-state index contributed by atoms with van der Waals surface area (Å²) < 4.78 is 29.4. The molecular formula is C17H19N3O2S. The van der Waals surface area contributed by atoms with Gasteiger partial charge >= 0.3 is 0 Å². The normalized spacial score (nSPS) is 11.9. The van der Waals surface area contributed by atoms with E-state index in [4.69, 9.17) is 0 Å². The first-order chi connectivity index (χ1) is 11.0. The van der Waals surface area contributed by atoms with Crippen LogP contribution < -0.4 is 4.72 Å². The number of nitrogens with zero attached hydrogens (tertiary/aromatic N) is 2. The zero-order valence-corrected chi connectivity index (χ0v) is 14.0. The molecule has 0 radical (unpaired) electrons. The van der Waals surface area contributed by atoms with Gasteiger partial charge in [0.25, 0.3) is 0 Å². The predicted molar refractivity (Wildman–Crippen MR) is 89.8 cm³/mol. The Morgan fingerprint density at radius 2 is 1.87 bits per heavy atom. The number of aromatic nitrogens is 2. The molecule has 0 fully saturated rings. The third-order valence-corrected chi connectivity index (χ3v) is 5.32. The Labute approximate surface area is 136 Å². The van der Waals surface area contributed by atoms with Gasteiger partial charge in [-0.05, 0) is 43.2 Å². The molecule has 0 aliphatic rings. The fourth-order valence-corrected chi connectivity index (χ4v) is 3.52. The molecule has 0 aliphatic carbocycles. The monoisotopic (exact) mass is 329 g/mol. The number of hydrogen-bond donors (Lipinski definition) is 1. The molecule has 5 nitrogen and oxygen atoms in total. The van der Waals surface area contributed by atoms with Crippen molar-refractivity contribution in [3.63, 3.8) is 0 Å². The maximum Gasteiger partial charge on any atom is 0.240 e. The van der Waals surface area contributed by atoms with E-state index < -0.39 is 10.0 Å². The summed E-state index contributed by atoms with van der Waals surface area (Å²) in [6.07, 6.45) is 2.77. The Hall–Kier alpha value is -2.18. The van der Waals surface area contributed by atoms with Gasteiger partial charge in [-0.15, -0.1) is 0 Å². The molecule has 6 heteroatoms. The Kier molecular flexibility index (Phi) is 4.19. The van der Waals surface area contributed by atoms with Crippen LogP contribution in [0.3, 0.4) is 0 Å². The van der Waals surface area contributed by atoms with Crippen LogP contribution in [-0.2, 0) is 23.0 Å². The van der Waals surface area contributed by atoms with Gasteiger partial charge < -0.3 is 4.40 Å². The highest BCUT2D eigenvalue weighted by Gasteiger charge is 2.16. The second kappa shape index (κ2) is 6.14. The van der Waals surface area contributed by atoms with E-state index in [1.165, 1.54) is 0 Å². The Morgan fingerprint density at radius 1 is 1.13 bits per heavy atom. The number of sulfonamides is 1. The molecule has 1 aromatic carbocycles. The van der Waals surface area contributed by atoms with Gasteiger partial charge in [0.2, 0.25) is 10.0 Å². The molecule has 3 aromatic rings. The quantitative estimate of drug-likeness (QED) is 0.783. The van der Waals surface area contributed by atoms with Gasteiger partial charge in [0.15, 0.2) is 0 Å². The van der Waals surface area contributed by atoms with Crippen molar-refractivity contribution < 1.29 is 8.42 Å². The number of nitrogens with one attached hydrogen (secondary N) is 1. The van der Waals surface area contributed by atoms with Crippen molar-refractivity contribution in [2.75, 3.05) is 0 Å². The highest BCUT2D eigenvalue weighted by molar-refractivity contribution is 7.89. The van der Waals surface area contributed by atoms with Crippen molar-refractivity contribution >= 4 is 15.7 Å². The van der Waals surface area contributed by atoms with E-state index in [-0.39, 0.29) is 11.4 Å². The standard InChI is InChI=1S/C17H19N3O2S/c1-3-14-7-9-15(10-8-14)23(21,22)18-12-16-13(2)19-17-6-4-5-11-20(16)17/h4-11,18H,3,12H2,1-2H3. The molecule has 0 atom stereocenters. The third-order valence-electron chi connectivity index (χ3n) is 3.90. The van der Waals surface area contributed by atoms with Gasteiger partial charge in [0.05, 0.1) is 22.8 Å². The molecule has 0 bridgehead atoms. The highest BCUT2D eigenvalue weighted by atomic mass is 32.2. The first kappa shape index (κ1) is 15.7. The SMILES string of the molecule is CCc1ccc(S(=O)(=O)NCc2c(C)nc3ccccn23)cc1. The summed E-state index contributed by atoms with van der Waals surface area (Å²) in [6.45, 7) is 4.12. The first-order valence-corrected chi connectivity index (χ1v) is 9.01. The second-order valence-corrected chi connectivity index (χ2v) is 7.16. The summed E-state index contributed by atoms with van der Waals surface area (Å²) in [4.78, 5) is 4.72. The summed E-state index contributed by atoms with van der Waals surface area (Å²) >= 11 is 0. The minimum absolute atomic E-state index is 0.203. The van der Waals surface area contributed by atoms with Crippen LogP contribution in [0.1, 0.15) is 23.9 Å². The lowest BCUT2D eigenvalue weighted by molar-refractivity contribution is 0.580. The van der Waals surface area contributed by atoms with E-state index in [0.717, 1.165) is 29.0 Å². The third kappa shape index (κ3) is 3.13. The first-order valence-electron chi connectivity index (χ1n) is 7.52. The molecule has 0 aliphatic heterocycles. The minimum atomic E-state index is -3.54. The maximum absolute atomic E-state index is 12.4. The van der Waals surface area contributed by atoms with Gasteiger partial charge in [0.1, 0.15) is 5.65 Å². The van der Waals surface area contributed by atoms with Crippen molar-refractivity contribution in [3.05, 3.63) is 65.6 Å². The molecule has 3 rings (SSSR count). The average molecular weight is 329 g/mol. The molecule has 0 unspecified atom stereocenters. The molecule has 0 saturated carbocycles. The molecule has 0 amide bonds. The maximum atomic E-state index is 12.4. The smallest absolute Gasteiger partial charge is 0.240 e. The van der Waals surface area contributed by atoms with E-state index >= 15 is 0 Å². The predicted octanol–water partition coefficient (Wildman–Crippen LogP) is 2.68. The van der Waals surface area contributed by atoms with Crippen LogP contribution in [0.25, 0.3) is 5.65 Å². The molecule has 23 heavy (non-hydrogen) atoms. The Balaban J connectivity index is 1.84. The fraction of sp³-hybridized carbons (Fsp3) is 0.235. The topological polar surface area (TPSA) is 63.5 Å². The van der Waals surface area contributed by atoms with E-state index in [1.54, 1.807) is 12.1 Å². The lowest BCUT2D eigenvalue weighted by Crippen LogP contribution is -2.24. The summed E-state index contributed by atoms with van der Waals surface area (Å²) in [5, 5.41) is 0. The number of imidazole rings is 1. The molecule has 0 saturated heterocycles. The molecule has 2 aromatic heterocycles. The van der Waals surface area contributed by atoms with Crippen LogP contribution in [-0.4, -0.2) is 17.8 Å². The molecule has 120 valence electrons. The number of pyridine rings is 1. The zero-order valence-electron chi connectivity index (χ0n) is 13.2. The Morgan fingerprint density at radius 3 is 2.57 bits per heavy atom. The summed E-state index contributed by atoms with van der Waals surface area (Å²) in [7, 11) is -3.54. The van der Waals surface area contributed by atoms with E-state index in [2.05, 4.69) is 9.71 Å². The van der Waals surface area contributed by atoms with Crippen molar-refractivity contribution in [2.24, 2.45) is 0 Å². The molecule has 1 N–H and O–H groups in total. The summed E-state index contributed by atoms with van der Waals surface area (Å²) in [6, 6.07) is 12.7. The minimum Gasteiger partial charge on any atom is -0.302 e. The number of hydrogen-bond acceptors (Lipinski definition) is 3. The van der Waals surface area contributed by atoms with Gasteiger partial charge in [-0.3, -0.25) is 0 Å². The van der Waals surface area contributed by atoms with Crippen LogP contribution in [0, 0.1) is 6.92 Å². The van der Waals surface area contributed by atoms with Crippen molar-refractivity contribution in [1.29, 1.82) is 0 Å². The summed E-state index contributed by atoms with van der Waals surface area (Å²) in [5.41, 5.74) is 3.59. The van der Waals surface area contributed by atoms with Crippen molar-refractivity contribution in [2.45, 2.75) is 31.7 Å². The highest BCUT2D eigenvalue weighted by Crippen LogP contribution is 2.14. The number of fused-ring (bicyclic) bond motifs is 1. The second-order valence-electron chi connectivity index (χ2n) is 5.39. The Bertz CT molecular complexity index is 928. The van der Waals surface area contributed by atoms with Crippen molar-refractivity contribution in [1.82, 2.24) is 14.1 Å². The zero-order chi connectivity index (χ0) is 16.4. The van der Waals surface area contributed by atoms with Gasteiger partial charge in [-0.2, -0.15) is 0 Å². The lowest BCUT2D eigenvalue weighted by atomic mass is 10.2. The van der Waals surface area contributed by atoms with Gasteiger partial charge in [-0.1, -0.05) is 25.1 Å².